The molecule has 6 nitrogen and oxygen atoms in total. The van der Waals surface area contributed by atoms with Crippen molar-refractivity contribution in [2.24, 2.45) is 5.92 Å². The molecule has 0 fully saturated rings. The van der Waals surface area contributed by atoms with Gasteiger partial charge in [0.25, 0.3) is 0 Å². The lowest BCUT2D eigenvalue weighted by Gasteiger charge is -2.32. The molecule has 0 saturated heterocycles. The molecule has 0 N–H and O–H groups in total. The van der Waals surface area contributed by atoms with Gasteiger partial charge in [0.15, 0.2) is 6.61 Å². The Balaban J connectivity index is 1.87. The summed E-state index contributed by atoms with van der Waals surface area (Å²) >= 11 is 0. The zero-order valence-corrected chi connectivity index (χ0v) is 20.5. The number of rotatable bonds is 13. The van der Waals surface area contributed by atoms with Crippen LogP contribution < -0.4 is 9.47 Å². The van der Waals surface area contributed by atoms with Gasteiger partial charge in [-0.15, -0.1) is 0 Å². The van der Waals surface area contributed by atoms with E-state index in [1.54, 1.807) is 7.11 Å². The molecule has 33 heavy (non-hydrogen) atoms. The smallest absolute Gasteiger partial charge is 0.343 e. The first-order valence-electron chi connectivity index (χ1n) is 11.4. The van der Waals surface area contributed by atoms with Gasteiger partial charge in [-0.3, -0.25) is 0 Å². The number of esters is 1. The van der Waals surface area contributed by atoms with Crippen LogP contribution in [0.3, 0.4) is 0 Å². The summed E-state index contributed by atoms with van der Waals surface area (Å²) in [5.74, 6) is 1.23. The summed E-state index contributed by atoms with van der Waals surface area (Å²) in [4.78, 5) is 13.5. The Kier molecular flexibility index (Phi) is 10.2. The third kappa shape index (κ3) is 7.50. The largest absolute Gasteiger partial charge is 0.497 e. The normalized spacial score (nSPS) is 12.8. The highest BCUT2D eigenvalue weighted by Gasteiger charge is 2.35. The van der Waals surface area contributed by atoms with Crippen molar-refractivity contribution >= 4 is 5.97 Å². The highest BCUT2D eigenvalue weighted by atomic mass is 16.6. The summed E-state index contributed by atoms with van der Waals surface area (Å²) in [6.07, 6.45) is 2.64. The van der Waals surface area contributed by atoms with Gasteiger partial charge in [0.05, 0.1) is 25.7 Å². The molecule has 0 bridgehead atoms. The quantitative estimate of drug-likeness (QED) is 0.413. The lowest BCUT2D eigenvalue weighted by atomic mass is 9.70. The van der Waals surface area contributed by atoms with Gasteiger partial charge >= 0.3 is 5.97 Å². The molecule has 178 valence electrons. The van der Waals surface area contributed by atoms with E-state index in [-0.39, 0.29) is 12.5 Å². The molecule has 0 aliphatic carbocycles. The molecule has 1 unspecified atom stereocenters. The summed E-state index contributed by atoms with van der Waals surface area (Å²) in [5, 5.41) is 10.1. The van der Waals surface area contributed by atoms with Crippen molar-refractivity contribution in [2.45, 2.75) is 38.5 Å². The fourth-order valence-electron chi connectivity index (χ4n) is 3.93. The van der Waals surface area contributed by atoms with Crippen molar-refractivity contribution in [3.05, 3.63) is 59.7 Å². The van der Waals surface area contributed by atoms with E-state index in [4.69, 9.17) is 9.47 Å². The van der Waals surface area contributed by atoms with Crippen LogP contribution in [0.15, 0.2) is 48.5 Å². The van der Waals surface area contributed by atoms with Crippen LogP contribution in [0.5, 0.6) is 11.5 Å². The van der Waals surface area contributed by atoms with E-state index in [1.807, 2.05) is 48.5 Å². The number of nitriles is 1. The van der Waals surface area contributed by atoms with E-state index >= 15 is 0 Å². The average Bonchev–Trinajstić information content (AvgIpc) is 2.84. The van der Waals surface area contributed by atoms with E-state index in [1.165, 1.54) is 12.7 Å². The van der Waals surface area contributed by atoms with Gasteiger partial charge in [0.1, 0.15) is 11.5 Å². The maximum atomic E-state index is 11.2. The summed E-state index contributed by atoms with van der Waals surface area (Å²) < 4.78 is 15.3. The van der Waals surface area contributed by atoms with Gasteiger partial charge < -0.3 is 19.1 Å². The van der Waals surface area contributed by atoms with Crippen molar-refractivity contribution in [1.29, 1.82) is 5.26 Å². The molecule has 2 aromatic rings. The molecule has 0 saturated carbocycles. The van der Waals surface area contributed by atoms with Gasteiger partial charge in [-0.25, -0.2) is 4.79 Å². The van der Waals surface area contributed by atoms with Gasteiger partial charge in [-0.05, 0) is 74.2 Å². The second kappa shape index (κ2) is 12.9. The second-order valence-electron chi connectivity index (χ2n) is 8.64. The Morgan fingerprint density at radius 3 is 2.42 bits per heavy atom. The lowest BCUT2D eigenvalue weighted by molar-refractivity contribution is -0.142. The number of methoxy groups -OCH3 is 2. The molecule has 0 radical (unpaired) electrons. The average molecular weight is 453 g/mol. The third-order valence-corrected chi connectivity index (χ3v) is 6.17. The molecule has 1 atom stereocenters. The first kappa shape index (κ1) is 26.2. The Labute approximate surface area is 198 Å². The van der Waals surface area contributed by atoms with Crippen molar-refractivity contribution < 1.29 is 19.0 Å². The molecule has 0 amide bonds. The van der Waals surface area contributed by atoms with E-state index in [2.05, 4.69) is 36.6 Å². The van der Waals surface area contributed by atoms with Gasteiger partial charge in [0, 0.05) is 6.54 Å². The standard InChI is InChI=1S/C27H36N2O4/c1-21(2)27(20-28,23-8-6-9-25(18-23)31-4)15-7-16-29(3)17-14-22-10-12-24(13-11-22)33-19-26(30)32-5/h6,8-13,18,21H,7,14-17,19H2,1-5H3. The lowest BCUT2D eigenvalue weighted by Crippen LogP contribution is -2.32. The second-order valence-corrected chi connectivity index (χ2v) is 8.64. The molecule has 6 heteroatoms. The van der Waals surface area contributed by atoms with Crippen LogP contribution in [-0.2, 0) is 21.4 Å². The Morgan fingerprint density at radius 2 is 1.82 bits per heavy atom. The molecular weight excluding hydrogens is 416 g/mol. The van der Waals surface area contributed by atoms with Crippen LogP contribution in [-0.4, -0.2) is 51.8 Å². The van der Waals surface area contributed by atoms with E-state index < -0.39 is 11.4 Å². The minimum absolute atomic E-state index is 0.0884. The topological polar surface area (TPSA) is 71.8 Å². The fraction of sp³-hybridized carbons (Fsp3) is 0.481. The minimum atomic E-state index is -0.532. The first-order chi connectivity index (χ1) is 15.8. The number of likely N-dealkylation sites (N-methyl/N-ethyl adjacent to an activating group) is 1. The van der Waals surface area contributed by atoms with Crippen LogP contribution in [0, 0.1) is 17.2 Å². The van der Waals surface area contributed by atoms with Gasteiger partial charge in [0.2, 0.25) is 0 Å². The molecule has 0 aromatic heterocycles. The van der Waals surface area contributed by atoms with Gasteiger partial charge in [-0.2, -0.15) is 5.26 Å². The van der Waals surface area contributed by atoms with Crippen LogP contribution in [0.1, 0.15) is 37.8 Å². The van der Waals surface area contributed by atoms with E-state index in [9.17, 15) is 10.1 Å². The molecule has 2 aromatic carbocycles. The van der Waals surface area contributed by atoms with Crippen LogP contribution in [0.2, 0.25) is 0 Å². The fourth-order valence-corrected chi connectivity index (χ4v) is 3.93. The molecular formula is C27H36N2O4. The highest BCUT2D eigenvalue weighted by molar-refractivity contribution is 5.70. The molecule has 2 rings (SSSR count). The van der Waals surface area contributed by atoms with Gasteiger partial charge in [-0.1, -0.05) is 38.1 Å². The number of benzene rings is 2. The van der Waals surface area contributed by atoms with E-state index in [0.717, 1.165) is 43.7 Å². The number of carbonyl (C=O) groups is 1. The molecule has 0 spiro atoms. The summed E-state index contributed by atoms with van der Waals surface area (Å²) in [5.41, 5.74) is 1.70. The Bertz CT molecular complexity index is 920. The summed E-state index contributed by atoms with van der Waals surface area (Å²) in [7, 11) is 5.11. The molecule has 0 heterocycles. The number of hydrogen-bond donors (Lipinski definition) is 0. The first-order valence-corrected chi connectivity index (χ1v) is 11.4. The van der Waals surface area contributed by atoms with Crippen molar-refractivity contribution in [2.75, 3.05) is 41.0 Å². The molecule has 0 aliphatic rings. The predicted molar refractivity (Wildman–Crippen MR) is 130 cm³/mol. The third-order valence-electron chi connectivity index (χ3n) is 6.17. The Hall–Kier alpha value is -3.04. The SMILES string of the molecule is COC(=O)COc1ccc(CCN(C)CCCC(C#N)(c2cccc(OC)c2)C(C)C)cc1. The zero-order chi connectivity index (χ0) is 24.3. The monoisotopic (exact) mass is 452 g/mol. The zero-order valence-electron chi connectivity index (χ0n) is 20.5. The predicted octanol–water partition coefficient (Wildman–Crippen LogP) is 4.62. The Morgan fingerprint density at radius 1 is 1.09 bits per heavy atom. The number of carbonyl (C=O) groups excluding carboxylic acids is 1. The van der Waals surface area contributed by atoms with Crippen molar-refractivity contribution in [3.8, 4) is 17.6 Å². The summed E-state index contributed by atoms with van der Waals surface area (Å²) in [6, 6.07) is 18.3. The van der Waals surface area contributed by atoms with E-state index in [0.29, 0.717) is 5.75 Å². The summed E-state index contributed by atoms with van der Waals surface area (Å²) in [6.45, 7) is 5.98. The number of nitrogens with zero attached hydrogens (tertiary/aromatic N) is 2. The maximum absolute atomic E-state index is 11.2. The molecule has 0 aliphatic heterocycles. The number of hydrogen-bond acceptors (Lipinski definition) is 6. The van der Waals surface area contributed by atoms with Crippen LogP contribution >= 0.6 is 0 Å². The highest BCUT2D eigenvalue weighted by Crippen LogP contribution is 2.37. The minimum Gasteiger partial charge on any atom is -0.497 e. The number of ether oxygens (including phenoxy) is 3. The van der Waals surface area contributed by atoms with Crippen molar-refractivity contribution in [3.63, 3.8) is 0 Å². The van der Waals surface area contributed by atoms with Crippen molar-refractivity contribution in [1.82, 2.24) is 4.90 Å². The van der Waals surface area contributed by atoms with Crippen LogP contribution in [0.25, 0.3) is 0 Å². The van der Waals surface area contributed by atoms with Crippen LogP contribution in [0.4, 0.5) is 0 Å². The maximum Gasteiger partial charge on any atom is 0.343 e.